The fourth-order valence-corrected chi connectivity index (χ4v) is 3.67. The van der Waals surface area contributed by atoms with E-state index in [1.165, 1.54) is 0 Å². The molecule has 0 saturated heterocycles. The maximum Gasteiger partial charge on any atom is 0.315 e. The van der Waals surface area contributed by atoms with Crippen LogP contribution in [0.2, 0.25) is 0 Å². The van der Waals surface area contributed by atoms with Gasteiger partial charge in [-0.15, -0.1) is 0 Å². The number of nitrogens with one attached hydrogen (secondary N) is 2. The molecular weight excluding hydrogens is 414 g/mol. The monoisotopic (exact) mass is 449 g/mol. The molecule has 0 unspecified atom stereocenters. The van der Waals surface area contributed by atoms with Gasteiger partial charge in [-0.05, 0) is 37.0 Å². The highest BCUT2D eigenvalue weighted by molar-refractivity contribution is 5.87. The molecule has 0 fully saturated rings. The van der Waals surface area contributed by atoms with Gasteiger partial charge in [0, 0.05) is 13.1 Å². The Kier molecular flexibility index (Phi) is 10.1. The lowest BCUT2D eigenvalue weighted by atomic mass is 10.0. The Morgan fingerprint density at radius 3 is 2.34 bits per heavy atom. The van der Waals surface area contributed by atoms with Crippen molar-refractivity contribution >= 4 is 17.9 Å². The average Bonchev–Trinajstić information content (AvgIpc) is 3.23. The van der Waals surface area contributed by atoms with Crippen molar-refractivity contribution in [2.45, 2.75) is 71.4 Å². The Bertz CT molecular complexity index is 779. The highest BCUT2D eigenvalue weighted by Gasteiger charge is 2.27. The standard InChI is InChI=1S/C23H35N3O6/c1-4-7-8-17(22(29)26(11-5-2)12-6-3)24-23(30)25-18(14-21(27)28)16-9-10-19-20(13-16)32-15-31-19/h9-10,13,17-18H,4-8,11-12,14-15H2,1-3H3,(H,27,28)(H2,24,25,30)/t17-,18-/m0/s1. The molecule has 3 amide bonds. The first-order chi connectivity index (χ1) is 15.4. The Morgan fingerprint density at radius 2 is 1.72 bits per heavy atom. The maximum absolute atomic E-state index is 13.1. The van der Waals surface area contributed by atoms with E-state index in [-0.39, 0.29) is 19.1 Å². The van der Waals surface area contributed by atoms with Crippen LogP contribution in [-0.4, -0.2) is 53.8 Å². The third-order valence-corrected chi connectivity index (χ3v) is 5.23. The molecule has 178 valence electrons. The molecule has 1 heterocycles. The van der Waals surface area contributed by atoms with Crippen LogP contribution in [0.5, 0.6) is 11.5 Å². The summed E-state index contributed by atoms with van der Waals surface area (Å²) < 4.78 is 10.7. The molecule has 0 saturated carbocycles. The Labute approximate surface area is 189 Å². The second-order valence-corrected chi connectivity index (χ2v) is 7.90. The molecule has 0 spiro atoms. The van der Waals surface area contributed by atoms with E-state index in [1.807, 2.05) is 20.8 Å². The number of unbranched alkanes of at least 4 members (excludes halogenated alkanes) is 1. The maximum atomic E-state index is 13.1. The minimum atomic E-state index is -1.05. The average molecular weight is 450 g/mol. The second kappa shape index (κ2) is 12.8. The van der Waals surface area contributed by atoms with Crippen LogP contribution in [0.1, 0.15) is 70.9 Å². The summed E-state index contributed by atoms with van der Waals surface area (Å²) in [5.41, 5.74) is 0.585. The van der Waals surface area contributed by atoms with E-state index >= 15 is 0 Å². The van der Waals surface area contributed by atoms with Gasteiger partial charge >= 0.3 is 12.0 Å². The van der Waals surface area contributed by atoms with E-state index < -0.39 is 24.1 Å². The van der Waals surface area contributed by atoms with Crippen LogP contribution in [0.15, 0.2) is 18.2 Å². The second-order valence-electron chi connectivity index (χ2n) is 7.90. The molecule has 3 N–H and O–H groups in total. The number of benzene rings is 1. The lowest BCUT2D eigenvalue weighted by molar-refractivity contribution is -0.137. The van der Waals surface area contributed by atoms with E-state index in [9.17, 15) is 19.5 Å². The normalized spacial score (nSPS) is 13.8. The van der Waals surface area contributed by atoms with Crippen molar-refractivity contribution in [3.05, 3.63) is 23.8 Å². The van der Waals surface area contributed by atoms with E-state index in [1.54, 1.807) is 23.1 Å². The molecule has 1 aliphatic rings. The summed E-state index contributed by atoms with van der Waals surface area (Å²) in [5, 5.41) is 14.8. The molecule has 32 heavy (non-hydrogen) atoms. The number of carbonyl (C=O) groups is 3. The van der Waals surface area contributed by atoms with Crippen LogP contribution in [0.3, 0.4) is 0 Å². The van der Waals surface area contributed by atoms with E-state index in [2.05, 4.69) is 10.6 Å². The summed E-state index contributed by atoms with van der Waals surface area (Å²) in [6.45, 7) is 7.43. The summed E-state index contributed by atoms with van der Waals surface area (Å²) >= 11 is 0. The van der Waals surface area contributed by atoms with Gasteiger partial charge in [-0.1, -0.05) is 39.7 Å². The van der Waals surface area contributed by atoms with Crippen molar-refractivity contribution in [3.8, 4) is 11.5 Å². The first-order valence-corrected chi connectivity index (χ1v) is 11.4. The molecule has 1 aromatic carbocycles. The van der Waals surface area contributed by atoms with Crippen LogP contribution in [0, 0.1) is 0 Å². The van der Waals surface area contributed by atoms with Crippen LogP contribution in [-0.2, 0) is 9.59 Å². The molecule has 0 bridgehead atoms. The number of urea groups is 1. The van der Waals surface area contributed by atoms with Gasteiger partial charge < -0.3 is 30.1 Å². The first-order valence-electron chi connectivity index (χ1n) is 11.4. The molecule has 1 aliphatic heterocycles. The number of nitrogens with zero attached hydrogens (tertiary/aromatic N) is 1. The minimum absolute atomic E-state index is 0.101. The summed E-state index contributed by atoms with van der Waals surface area (Å²) in [4.78, 5) is 39.1. The largest absolute Gasteiger partial charge is 0.481 e. The number of carbonyl (C=O) groups excluding carboxylic acids is 2. The zero-order valence-electron chi connectivity index (χ0n) is 19.2. The molecular formula is C23H35N3O6. The number of carboxylic acids is 1. The first kappa shape index (κ1) is 25.3. The fourth-order valence-electron chi connectivity index (χ4n) is 3.67. The van der Waals surface area contributed by atoms with Gasteiger partial charge in [-0.3, -0.25) is 9.59 Å². The molecule has 1 aromatic rings. The van der Waals surface area contributed by atoms with Crippen LogP contribution >= 0.6 is 0 Å². The number of rotatable bonds is 13. The highest BCUT2D eigenvalue weighted by atomic mass is 16.7. The van der Waals surface area contributed by atoms with E-state index in [4.69, 9.17) is 9.47 Å². The SMILES string of the molecule is CCCC[C@H](NC(=O)N[C@@H](CC(=O)O)c1ccc2c(c1)OCO2)C(=O)N(CCC)CCC. The van der Waals surface area contributed by atoms with Gasteiger partial charge in [0.15, 0.2) is 11.5 Å². The van der Waals surface area contributed by atoms with E-state index in [0.29, 0.717) is 36.6 Å². The zero-order valence-corrected chi connectivity index (χ0v) is 19.2. The van der Waals surface area contributed by atoms with Gasteiger partial charge in [0.2, 0.25) is 12.7 Å². The van der Waals surface area contributed by atoms with Gasteiger partial charge in [0.05, 0.1) is 12.5 Å². The highest BCUT2D eigenvalue weighted by Crippen LogP contribution is 2.34. The zero-order chi connectivity index (χ0) is 23.5. The topological polar surface area (TPSA) is 117 Å². The smallest absolute Gasteiger partial charge is 0.315 e. The number of fused-ring (bicyclic) bond motifs is 1. The number of carboxylic acid groups (broad SMARTS) is 1. The Hall–Kier alpha value is -2.97. The van der Waals surface area contributed by atoms with Crippen molar-refractivity contribution in [1.29, 1.82) is 0 Å². The number of aliphatic carboxylic acids is 1. The lowest BCUT2D eigenvalue weighted by Crippen LogP contribution is -2.52. The van der Waals surface area contributed by atoms with E-state index in [0.717, 1.165) is 25.7 Å². The molecule has 0 radical (unpaired) electrons. The lowest BCUT2D eigenvalue weighted by Gasteiger charge is -2.28. The molecule has 2 rings (SSSR count). The third-order valence-electron chi connectivity index (χ3n) is 5.23. The van der Waals surface area contributed by atoms with Crippen molar-refractivity contribution < 1.29 is 29.0 Å². The summed E-state index contributed by atoms with van der Waals surface area (Å²) in [6.07, 6.45) is 3.59. The van der Waals surface area contributed by atoms with Gasteiger partial charge in [-0.2, -0.15) is 0 Å². The van der Waals surface area contributed by atoms with Gasteiger partial charge in [-0.25, -0.2) is 4.79 Å². The van der Waals surface area contributed by atoms with Crippen LogP contribution < -0.4 is 20.1 Å². The van der Waals surface area contributed by atoms with Gasteiger partial charge in [0.1, 0.15) is 6.04 Å². The van der Waals surface area contributed by atoms with Gasteiger partial charge in [0.25, 0.3) is 0 Å². The number of hydrogen-bond donors (Lipinski definition) is 3. The number of amides is 3. The Morgan fingerprint density at radius 1 is 1.03 bits per heavy atom. The number of ether oxygens (including phenoxy) is 2. The van der Waals surface area contributed by atoms with Crippen molar-refractivity contribution in [2.75, 3.05) is 19.9 Å². The number of hydrogen-bond acceptors (Lipinski definition) is 5. The minimum Gasteiger partial charge on any atom is -0.481 e. The van der Waals surface area contributed by atoms with Crippen LogP contribution in [0.4, 0.5) is 4.79 Å². The van der Waals surface area contributed by atoms with Crippen molar-refractivity contribution in [2.24, 2.45) is 0 Å². The molecule has 2 atom stereocenters. The van der Waals surface area contributed by atoms with Crippen molar-refractivity contribution in [3.63, 3.8) is 0 Å². The molecule has 9 heteroatoms. The van der Waals surface area contributed by atoms with Crippen molar-refractivity contribution in [1.82, 2.24) is 15.5 Å². The molecule has 9 nitrogen and oxygen atoms in total. The quantitative estimate of drug-likeness (QED) is 0.425. The summed E-state index contributed by atoms with van der Waals surface area (Å²) in [5.74, 6) is -0.0749. The van der Waals surface area contributed by atoms with Crippen LogP contribution in [0.25, 0.3) is 0 Å². The molecule has 0 aliphatic carbocycles. The summed E-state index contributed by atoms with van der Waals surface area (Å²) in [7, 11) is 0. The third kappa shape index (κ3) is 7.32. The fraction of sp³-hybridized carbons (Fsp3) is 0.609. The predicted molar refractivity (Wildman–Crippen MR) is 120 cm³/mol. The Balaban J connectivity index is 2.13. The predicted octanol–water partition coefficient (Wildman–Crippen LogP) is 3.44. The summed E-state index contributed by atoms with van der Waals surface area (Å²) in [6, 6.07) is 3.04. The molecule has 0 aromatic heterocycles.